The van der Waals surface area contributed by atoms with Gasteiger partial charge in [-0.05, 0) is 204 Å². The molecule has 4 heterocycles. The predicted molar refractivity (Wildman–Crippen MR) is 346 cm³/mol. The number of para-hydroxylation sites is 4. The zero-order valence-electron chi connectivity index (χ0n) is 48.7. The summed E-state index contributed by atoms with van der Waals surface area (Å²) in [6.07, 6.45) is 0. The highest BCUT2D eigenvalue weighted by Crippen LogP contribution is 2.49. The summed E-state index contributed by atoms with van der Waals surface area (Å²) < 4.78 is 27.7. The SMILES string of the molecule is Cc1cc(N(c2ccc3cc4c(cc3c2)oc2cc3c(cc24)oc2cc4cc(N(c5cc(C)c(C)c(C)c5)c5cccc6c5oc5c(C(C)(C)C)cccc56)ccc4cc23)c2cccc3c2oc2c(C(C)(C)C)cccc23)cc(C)c1C. The van der Waals surface area contributed by atoms with E-state index in [1.165, 1.54) is 44.5 Å². The first-order valence-electron chi connectivity index (χ1n) is 28.7. The minimum Gasteiger partial charge on any atom is -0.456 e. The van der Waals surface area contributed by atoms with E-state index in [1.54, 1.807) is 0 Å². The molecule has 82 heavy (non-hydrogen) atoms. The summed E-state index contributed by atoms with van der Waals surface area (Å²) in [6.45, 7) is 26.7. The van der Waals surface area contributed by atoms with Crippen molar-refractivity contribution in [2.24, 2.45) is 0 Å². The molecule has 0 saturated heterocycles. The molecular formula is C76H64N2O4. The first-order valence-corrected chi connectivity index (χ1v) is 28.7. The van der Waals surface area contributed by atoms with Gasteiger partial charge in [0.15, 0.2) is 11.2 Å². The lowest BCUT2D eigenvalue weighted by atomic mass is 9.86. The van der Waals surface area contributed by atoms with Gasteiger partial charge in [0.25, 0.3) is 0 Å². The van der Waals surface area contributed by atoms with Crippen molar-refractivity contribution in [3.05, 3.63) is 214 Å². The molecule has 0 aliphatic heterocycles. The zero-order valence-corrected chi connectivity index (χ0v) is 48.7. The Morgan fingerprint density at radius 1 is 0.280 bits per heavy atom. The number of rotatable bonds is 6. The Morgan fingerprint density at radius 2 is 0.622 bits per heavy atom. The molecule has 0 amide bonds. The third-order valence-corrected chi connectivity index (χ3v) is 17.9. The van der Waals surface area contributed by atoms with Crippen LogP contribution in [0.4, 0.5) is 34.1 Å². The van der Waals surface area contributed by atoms with Crippen LogP contribution in [0.2, 0.25) is 0 Å². The topological polar surface area (TPSA) is 59.0 Å². The number of hydrogen-bond acceptors (Lipinski definition) is 6. The highest BCUT2D eigenvalue weighted by atomic mass is 16.3. The number of fused-ring (bicyclic) bond motifs is 14. The van der Waals surface area contributed by atoms with Crippen LogP contribution >= 0.6 is 0 Å². The number of hydrogen-bond donors (Lipinski definition) is 0. The van der Waals surface area contributed by atoms with E-state index in [1.807, 2.05) is 0 Å². The summed E-state index contributed by atoms with van der Waals surface area (Å²) >= 11 is 0. The van der Waals surface area contributed by atoms with Crippen LogP contribution < -0.4 is 9.80 Å². The monoisotopic (exact) mass is 1070 g/mol. The van der Waals surface area contributed by atoms with Crippen molar-refractivity contribution < 1.29 is 17.7 Å². The molecule has 0 bridgehead atoms. The van der Waals surface area contributed by atoms with Gasteiger partial charge in [0.2, 0.25) is 0 Å². The molecule has 402 valence electrons. The molecular weight excluding hydrogens is 1000 g/mol. The van der Waals surface area contributed by atoms with Crippen LogP contribution in [0.15, 0.2) is 188 Å². The lowest BCUT2D eigenvalue weighted by molar-refractivity contribution is 0.572. The van der Waals surface area contributed by atoms with Crippen LogP contribution in [0.25, 0.3) is 109 Å². The molecule has 0 spiro atoms. The second-order valence-electron chi connectivity index (χ2n) is 25.3. The van der Waals surface area contributed by atoms with Crippen molar-refractivity contribution in [1.29, 1.82) is 0 Å². The van der Waals surface area contributed by atoms with Gasteiger partial charge in [-0.25, -0.2) is 0 Å². The van der Waals surface area contributed by atoms with E-state index >= 15 is 0 Å². The maximum Gasteiger partial charge on any atom is 0.159 e. The Morgan fingerprint density at radius 3 is 1.00 bits per heavy atom. The fourth-order valence-corrected chi connectivity index (χ4v) is 13.1. The molecule has 4 aromatic heterocycles. The van der Waals surface area contributed by atoms with Crippen LogP contribution in [-0.2, 0) is 10.8 Å². The molecule has 6 nitrogen and oxygen atoms in total. The fourth-order valence-electron chi connectivity index (χ4n) is 13.1. The Bertz CT molecular complexity index is 4840. The standard InChI is InChI=1S/C76H64N2O4/c1-41-29-53(30-42(2)45(41)5)77(65-23-15-19-57-55-17-13-21-63(75(7,8)9)71(55)81-73(57)65)51-27-25-47-35-59-61-39-70-62(40-69(61)79-67(59)37-49(47)33-51)60-36-48-26-28-52(34-50(48)38-68(60)80-70)78(54-31-43(3)46(6)44(4)32-54)66-24-16-20-58-56-18-14-22-64(76(10,11)12)72(56)82-74(58)66/h13-40H,1-12H3. The van der Waals surface area contributed by atoms with Gasteiger partial charge in [0.05, 0.1) is 11.4 Å². The van der Waals surface area contributed by atoms with Crippen molar-refractivity contribution in [2.45, 2.75) is 93.9 Å². The van der Waals surface area contributed by atoms with E-state index < -0.39 is 0 Å². The van der Waals surface area contributed by atoms with Crippen molar-refractivity contribution >= 4 is 143 Å². The van der Waals surface area contributed by atoms with Gasteiger partial charge < -0.3 is 27.5 Å². The molecule has 15 rings (SSSR count). The van der Waals surface area contributed by atoms with Gasteiger partial charge in [-0.3, -0.25) is 0 Å². The van der Waals surface area contributed by atoms with Crippen molar-refractivity contribution in [2.75, 3.05) is 9.80 Å². The quantitative estimate of drug-likeness (QED) is 0.165. The molecule has 0 radical (unpaired) electrons. The minimum absolute atomic E-state index is 0.0885. The number of aryl methyl sites for hydroxylation is 4. The predicted octanol–water partition coefficient (Wildman–Crippen LogP) is 23.0. The molecule has 0 aliphatic carbocycles. The lowest BCUT2D eigenvalue weighted by Gasteiger charge is -2.27. The Balaban J connectivity index is 0.842. The van der Waals surface area contributed by atoms with Crippen molar-refractivity contribution in [3.63, 3.8) is 0 Å². The highest BCUT2D eigenvalue weighted by Gasteiger charge is 2.28. The first-order chi connectivity index (χ1) is 39.3. The maximum atomic E-state index is 7.02. The zero-order chi connectivity index (χ0) is 56.4. The van der Waals surface area contributed by atoms with Crippen LogP contribution in [-0.4, -0.2) is 0 Å². The Kier molecular flexibility index (Phi) is 10.7. The van der Waals surface area contributed by atoms with Gasteiger partial charge in [-0.2, -0.15) is 0 Å². The van der Waals surface area contributed by atoms with Crippen LogP contribution in [0.5, 0.6) is 0 Å². The smallest absolute Gasteiger partial charge is 0.159 e. The average Bonchev–Trinajstić information content (AvgIpc) is 3.40. The number of furan rings is 4. The first kappa shape index (κ1) is 49.8. The molecule has 0 fully saturated rings. The van der Waals surface area contributed by atoms with E-state index in [2.05, 4.69) is 263 Å². The van der Waals surface area contributed by atoms with Gasteiger partial charge in [-0.15, -0.1) is 0 Å². The molecule has 0 atom stereocenters. The summed E-state index contributed by atoms with van der Waals surface area (Å²) in [7, 11) is 0. The third-order valence-electron chi connectivity index (χ3n) is 17.9. The second kappa shape index (κ2) is 17.6. The molecule has 15 aromatic rings. The molecule has 11 aromatic carbocycles. The van der Waals surface area contributed by atoms with Crippen molar-refractivity contribution in [1.82, 2.24) is 0 Å². The largest absolute Gasteiger partial charge is 0.456 e. The second-order valence-corrected chi connectivity index (χ2v) is 25.3. The molecule has 0 N–H and O–H groups in total. The van der Waals surface area contributed by atoms with Gasteiger partial charge >= 0.3 is 0 Å². The van der Waals surface area contributed by atoms with Gasteiger partial charge in [-0.1, -0.05) is 114 Å². The number of anilines is 6. The van der Waals surface area contributed by atoms with Gasteiger partial charge in [0.1, 0.15) is 33.5 Å². The summed E-state index contributed by atoms with van der Waals surface area (Å²) in [6, 6.07) is 62.1. The molecule has 0 unspecified atom stereocenters. The summed E-state index contributed by atoms with van der Waals surface area (Å²) in [5, 5.41) is 13.0. The van der Waals surface area contributed by atoms with Crippen molar-refractivity contribution in [3.8, 4) is 0 Å². The Hall–Kier alpha value is -9.26. The Labute approximate surface area is 476 Å². The maximum absolute atomic E-state index is 7.02. The third kappa shape index (κ3) is 7.60. The van der Waals surface area contributed by atoms with E-state index in [0.717, 1.165) is 143 Å². The summed E-state index contributed by atoms with van der Waals surface area (Å²) in [4.78, 5) is 4.72. The lowest BCUT2D eigenvalue weighted by Crippen LogP contribution is -2.11. The fraction of sp³-hybridized carbons (Fsp3) is 0.184. The van der Waals surface area contributed by atoms with Crippen LogP contribution in [0, 0.1) is 41.5 Å². The highest BCUT2D eigenvalue weighted by molar-refractivity contribution is 6.19. The number of benzene rings is 11. The van der Waals surface area contributed by atoms with Crippen LogP contribution in [0.3, 0.4) is 0 Å². The van der Waals surface area contributed by atoms with Gasteiger partial charge in [0, 0.05) is 77.0 Å². The normalized spacial score (nSPS) is 12.6. The average molecular weight is 1070 g/mol. The minimum atomic E-state index is -0.0885. The summed E-state index contributed by atoms with van der Waals surface area (Å²) in [5.41, 5.74) is 22.9. The summed E-state index contributed by atoms with van der Waals surface area (Å²) in [5.74, 6) is 0. The molecule has 0 saturated carbocycles. The van der Waals surface area contributed by atoms with E-state index in [4.69, 9.17) is 17.7 Å². The van der Waals surface area contributed by atoms with Crippen LogP contribution in [0.1, 0.15) is 86.1 Å². The molecule has 6 heteroatoms. The van der Waals surface area contributed by atoms with E-state index in [9.17, 15) is 0 Å². The molecule has 0 aliphatic rings. The number of nitrogens with zero attached hydrogens (tertiary/aromatic N) is 2. The van der Waals surface area contributed by atoms with E-state index in [0.29, 0.717) is 0 Å². The van der Waals surface area contributed by atoms with E-state index in [-0.39, 0.29) is 10.8 Å².